The van der Waals surface area contributed by atoms with Crippen LogP contribution in [0.5, 0.6) is 5.88 Å². The van der Waals surface area contributed by atoms with Crippen LogP contribution >= 0.6 is 0 Å². The topological polar surface area (TPSA) is 72.7 Å². The summed E-state index contributed by atoms with van der Waals surface area (Å²) in [4.78, 5) is 21.1. The third-order valence-corrected chi connectivity index (χ3v) is 5.49. The zero-order valence-electron chi connectivity index (χ0n) is 19.4. The predicted molar refractivity (Wildman–Crippen MR) is 124 cm³/mol. The highest BCUT2D eigenvalue weighted by atomic mass is 16.6. The third-order valence-electron chi connectivity index (χ3n) is 5.49. The number of piperazine rings is 1. The normalized spacial score (nSPS) is 17.0. The van der Waals surface area contributed by atoms with Gasteiger partial charge in [0.1, 0.15) is 18.0 Å². The number of nitrogens with zero attached hydrogens (tertiary/aromatic N) is 5. The van der Waals surface area contributed by atoms with Gasteiger partial charge in [-0.1, -0.05) is 18.2 Å². The van der Waals surface area contributed by atoms with Crippen LogP contribution in [0.1, 0.15) is 33.3 Å². The molecule has 4 rings (SSSR count). The van der Waals surface area contributed by atoms with Crippen molar-refractivity contribution in [3.05, 3.63) is 48.2 Å². The fourth-order valence-corrected chi connectivity index (χ4v) is 3.85. The molecule has 0 aliphatic carbocycles. The molecule has 2 aromatic heterocycles. The van der Waals surface area contributed by atoms with E-state index in [4.69, 9.17) is 14.5 Å². The minimum absolute atomic E-state index is 0.0237. The number of rotatable bonds is 4. The van der Waals surface area contributed by atoms with Gasteiger partial charge in [-0.15, -0.1) is 0 Å². The summed E-state index contributed by atoms with van der Waals surface area (Å²) >= 11 is 0. The van der Waals surface area contributed by atoms with Gasteiger partial charge in [0.05, 0.1) is 11.7 Å². The van der Waals surface area contributed by atoms with Crippen molar-refractivity contribution >= 4 is 22.8 Å². The zero-order valence-corrected chi connectivity index (χ0v) is 19.4. The Kier molecular flexibility index (Phi) is 5.95. The number of anilines is 1. The number of benzene rings is 1. The molecule has 3 aromatic rings. The Morgan fingerprint density at radius 3 is 2.75 bits per heavy atom. The molecule has 1 aromatic carbocycles. The monoisotopic (exact) mass is 437 g/mol. The largest absolute Gasteiger partial charge is 0.473 e. The highest BCUT2D eigenvalue weighted by Gasteiger charge is 2.31. The number of aromatic nitrogens is 3. The number of aryl methyl sites for hydroxylation is 1. The summed E-state index contributed by atoms with van der Waals surface area (Å²) < 4.78 is 13.4. The fourth-order valence-electron chi connectivity index (χ4n) is 3.85. The van der Waals surface area contributed by atoms with Gasteiger partial charge in [0.2, 0.25) is 5.88 Å². The first-order valence-electron chi connectivity index (χ1n) is 10.9. The van der Waals surface area contributed by atoms with Crippen LogP contribution in [-0.2, 0) is 18.4 Å². The van der Waals surface area contributed by atoms with E-state index in [0.29, 0.717) is 32.1 Å². The lowest BCUT2D eigenvalue weighted by Crippen LogP contribution is -2.55. The number of carbonyl (C=O) groups excluding carboxylic acids is 1. The molecule has 8 nitrogen and oxygen atoms in total. The van der Waals surface area contributed by atoms with Gasteiger partial charge in [0.15, 0.2) is 0 Å². The van der Waals surface area contributed by atoms with Crippen LogP contribution in [0.3, 0.4) is 0 Å². The molecule has 1 saturated heterocycles. The van der Waals surface area contributed by atoms with Crippen molar-refractivity contribution in [3.63, 3.8) is 0 Å². The van der Waals surface area contributed by atoms with Crippen LogP contribution in [0, 0.1) is 0 Å². The number of carbonyl (C=O) groups is 1. The molecular formula is C24H31N5O3. The molecule has 0 N–H and O–H groups in total. The molecule has 0 unspecified atom stereocenters. The van der Waals surface area contributed by atoms with Crippen molar-refractivity contribution in [3.8, 4) is 5.88 Å². The second kappa shape index (κ2) is 8.68. The Bertz CT molecular complexity index is 1100. The summed E-state index contributed by atoms with van der Waals surface area (Å²) in [5.41, 5.74) is 1.64. The molecule has 1 atom stereocenters. The Morgan fingerprint density at radius 2 is 2.00 bits per heavy atom. The van der Waals surface area contributed by atoms with Crippen molar-refractivity contribution in [1.29, 1.82) is 0 Å². The van der Waals surface area contributed by atoms with Gasteiger partial charge < -0.3 is 19.3 Å². The number of hydrogen-bond donors (Lipinski definition) is 0. The van der Waals surface area contributed by atoms with E-state index in [1.54, 1.807) is 4.90 Å². The first-order chi connectivity index (χ1) is 15.2. The second-order valence-electron chi connectivity index (χ2n) is 9.25. The predicted octanol–water partition coefficient (Wildman–Crippen LogP) is 3.99. The molecule has 8 heteroatoms. The van der Waals surface area contributed by atoms with E-state index in [2.05, 4.69) is 22.1 Å². The third kappa shape index (κ3) is 4.95. The van der Waals surface area contributed by atoms with E-state index in [9.17, 15) is 4.79 Å². The van der Waals surface area contributed by atoms with Crippen LogP contribution < -0.4 is 9.64 Å². The van der Waals surface area contributed by atoms with Gasteiger partial charge in [0, 0.05) is 44.2 Å². The molecule has 0 bridgehead atoms. The maximum atomic E-state index is 12.5. The number of amides is 1. The maximum Gasteiger partial charge on any atom is 0.410 e. The molecule has 1 amide bonds. The molecule has 0 spiro atoms. The lowest BCUT2D eigenvalue weighted by molar-refractivity contribution is 0.0158. The maximum absolute atomic E-state index is 12.5. The van der Waals surface area contributed by atoms with Crippen molar-refractivity contribution in [2.45, 2.75) is 45.9 Å². The molecular weight excluding hydrogens is 406 g/mol. The Balaban J connectivity index is 1.38. The summed E-state index contributed by atoms with van der Waals surface area (Å²) in [5, 5.41) is 5.39. The number of ether oxygens (including phenoxy) is 2. The summed E-state index contributed by atoms with van der Waals surface area (Å²) in [7, 11) is 1.93. The Labute approximate surface area is 188 Å². The van der Waals surface area contributed by atoms with Gasteiger partial charge in [-0.2, -0.15) is 10.1 Å². The van der Waals surface area contributed by atoms with Crippen LogP contribution in [0.15, 0.2) is 42.6 Å². The lowest BCUT2D eigenvalue weighted by Gasteiger charge is -2.40. The standard InChI is InChI=1S/C24H31N5O3/c1-17-15-28(11-12-29(17)23(30)32-24(2,3)4)21-7-6-8-22(26-21)31-16-18-9-10-19-14-25-27(5)20(19)13-18/h6-10,13-14,17H,11-12,15-16H2,1-5H3/t17-/m0/s1. The van der Waals surface area contributed by atoms with Crippen molar-refractivity contribution in [2.24, 2.45) is 7.05 Å². The van der Waals surface area contributed by atoms with Gasteiger partial charge in [-0.05, 0) is 45.4 Å². The van der Waals surface area contributed by atoms with E-state index >= 15 is 0 Å². The van der Waals surface area contributed by atoms with E-state index < -0.39 is 5.60 Å². The second-order valence-corrected chi connectivity index (χ2v) is 9.25. The quantitative estimate of drug-likeness (QED) is 0.615. The van der Waals surface area contributed by atoms with E-state index in [-0.39, 0.29) is 12.1 Å². The number of hydrogen-bond acceptors (Lipinski definition) is 6. The van der Waals surface area contributed by atoms with Crippen molar-refractivity contribution in [1.82, 2.24) is 19.7 Å². The average molecular weight is 438 g/mol. The molecule has 1 aliphatic rings. The van der Waals surface area contributed by atoms with Crippen LogP contribution in [0.4, 0.5) is 10.6 Å². The van der Waals surface area contributed by atoms with E-state index in [1.165, 1.54) is 0 Å². The Morgan fingerprint density at radius 1 is 1.19 bits per heavy atom. The molecule has 32 heavy (non-hydrogen) atoms. The average Bonchev–Trinajstić information content (AvgIpc) is 3.11. The Hall–Kier alpha value is -3.29. The summed E-state index contributed by atoms with van der Waals surface area (Å²) in [6.07, 6.45) is 1.59. The number of fused-ring (bicyclic) bond motifs is 1. The molecule has 0 radical (unpaired) electrons. The summed E-state index contributed by atoms with van der Waals surface area (Å²) in [6.45, 7) is 10.1. The van der Waals surface area contributed by atoms with Crippen LogP contribution in [-0.4, -0.2) is 57.0 Å². The van der Waals surface area contributed by atoms with Crippen LogP contribution in [0.2, 0.25) is 0 Å². The molecule has 1 aliphatic heterocycles. The zero-order chi connectivity index (χ0) is 22.9. The summed E-state index contributed by atoms with van der Waals surface area (Å²) in [6, 6.07) is 12.0. The van der Waals surface area contributed by atoms with Crippen LogP contribution in [0.25, 0.3) is 10.9 Å². The molecule has 3 heterocycles. The fraction of sp³-hybridized carbons (Fsp3) is 0.458. The summed E-state index contributed by atoms with van der Waals surface area (Å²) in [5.74, 6) is 1.43. The van der Waals surface area contributed by atoms with E-state index in [0.717, 1.165) is 22.3 Å². The van der Waals surface area contributed by atoms with Gasteiger partial charge in [0.25, 0.3) is 0 Å². The molecule has 1 fully saturated rings. The molecule has 170 valence electrons. The minimum atomic E-state index is -0.498. The highest BCUT2D eigenvalue weighted by molar-refractivity contribution is 5.79. The van der Waals surface area contributed by atoms with Gasteiger partial charge >= 0.3 is 6.09 Å². The SMILES string of the molecule is C[C@H]1CN(c2cccc(OCc3ccc4cnn(C)c4c3)n2)CCN1C(=O)OC(C)(C)C. The lowest BCUT2D eigenvalue weighted by atomic mass is 10.2. The first kappa shape index (κ1) is 21.9. The van der Waals surface area contributed by atoms with Gasteiger partial charge in [-0.3, -0.25) is 4.68 Å². The molecule has 0 saturated carbocycles. The smallest absolute Gasteiger partial charge is 0.410 e. The first-order valence-corrected chi connectivity index (χ1v) is 10.9. The van der Waals surface area contributed by atoms with E-state index in [1.807, 2.05) is 69.9 Å². The van der Waals surface area contributed by atoms with Crippen molar-refractivity contribution in [2.75, 3.05) is 24.5 Å². The van der Waals surface area contributed by atoms with Crippen molar-refractivity contribution < 1.29 is 14.3 Å². The minimum Gasteiger partial charge on any atom is -0.473 e. The number of pyridine rings is 1. The van der Waals surface area contributed by atoms with Gasteiger partial charge in [-0.25, -0.2) is 4.79 Å². The highest BCUT2D eigenvalue weighted by Crippen LogP contribution is 2.22.